The van der Waals surface area contributed by atoms with E-state index in [9.17, 15) is 9.90 Å². The number of aromatic nitrogens is 1. The van der Waals surface area contributed by atoms with Gasteiger partial charge in [-0.25, -0.2) is 0 Å². The van der Waals surface area contributed by atoms with E-state index >= 15 is 0 Å². The van der Waals surface area contributed by atoms with Gasteiger partial charge in [-0.1, -0.05) is 18.2 Å². The van der Waals surface area contributed by atoms with Gasteiger partial charge in [0.25, 0.3) is 0 Å². The summed E-state index contributed by atoms with van der Waals surface area (Å²) in [5, 5.41) is 11.4. The Morgan fingerprint density at radius 3 is 2.76 bits per heavy atom. The first-order chi connectivity index (χ1) is 12.1. The van der Waals surface area contributed by atoms with E-state index in [4.69, 9.17) is 4.74 Å². The molecule has 0 unspecified atom stereocenters. The molecule has 5 heteroatoms. The van der Waals surface area contributed by atoms with Crippen molar-refractivity contribution in [3.8, 4) is 0 Å². The number of hydrogen-bond acceptors (Lipinski definition) is 3. The van der Waals surface area contributed by atoms with Crippen LogP contribution in [0, 0.1) is 5.41 Å². The number of para-hydroxylation sites is 1. The van der Waals surface area contributed by atoms with Crippen molar-refractivity contribution in [1.29, 1.82) is 0 Å². The molecule has 0 bridgehead atoms. The molecule has 4 rings (SSSR count). The molecule has 25 heavy (non-hydrogen) atoms. The molecule has 1 amide bonds. The molecule has 1 saturated carbocycles. The van der Waals surface area contributed by atoms with Gasteiger partial charge in [0, 0.05) is 43.2 Å². The highest BCUT2D eigenvalue weighted by Gasteiger charge is 2.56. The molecule has 1 N–H and O–H groups in total. The third-order valence-electron chi connectivity index (χ3n) is 6.14. The highest BCUT2D eigenvalue weighted by atomic mass is 16.5. The van der Waals surface area contributed by atoms with Crippen LogP contribution < -0.4 is 0 Å². The average Bonchev–Trinajstić information content (AvgIpc) is 3.05. The lowest BCUT2D eigenvalue weighted by atomic mass is 9.58. The van der Waals surface area contributed by atoms with E-state index in [2.05, 4.69) is 6.07 Å². The lowest BCUT2D eigenvalue weighted by molar-refractivity contribution is -0.210. The van der Waals surface area contributed by atoms with Gasteiger partial charge in [0.1, 0.15) is 6.54 Å². The minimum Gasteiger partial charge on any atom is -0.392 e. The third kappa shape index (κ3) is 2.75. The maximum atomic E-state index is 12.7. The van der Waals surface area contributed by atoms with Crippen LogP contribution in [0.5, 0.6) is 0 Å². The van der Waals surface area contributed by atoms with Crippen LogP contribution in [0.1, 0.15) is 26.2 Å². The number of aliphatic hydroxyl groups excluding tert-OH is 1. The third-order valence-corrected chi connectivity index (χ3v) is 6.14. The Kier molecular flexibility index (Phi) is 4.29. The monoisotopic (exact) mass is 342 g/mol. The van der Waals surface area contributed by atoms with Crippen LogP contribution >= 0.6 is 0 Å². The molecule has 134 valence electrons. The molecule has 2 aliphatic rings. The van der Waals surface area contributed by atoms with Crippen molar-refractivity contribution in [2.45, 2.75) is 44.9 Å². The van der Waals surface area contributed by atoms with Crippen LogP contribution in [0.3, 0.4) is 0 Å². The fraction of sp³-hybridized carbons (Fsp3) is 0.550. The fourth-order valence-corrected chi connectivity index (χ4v) is 4.51. The van der Waals surface area contributed by atoms with Crippen LogP contribution in [0.4, 0.5) is 0 Å². The summed E-state index contributed by atoms with van der Waals surface area (Å²) in [6, 6.07) is 10.2. The molecule has 1 aliphatic heterocycles. The Balaban J connectivity index is 1.40. The van der Waals surface area contributed by atoms with Gasteiger partial charge in [0.05, 0.1) is 12.2 Å². The van der Waals surface area contributed by atoms with Crippen molar-refractivity contribution in [3.63, 3.8) is 0 Å². The van der Waals surface area contributed by atoms with E-state index in [0.29, 0.717) is 26.2 Å². The van der Waals surface area contributed by atoms with Gasteiger partial charge in [0.15, 0.2) is 0 Å². The first kappa shape index (κ1) is 16.6. The number of fused-ring (bicyclic) bond motifs is 1. The molecule has 1 spiro atoms. The van der Waals surface area contributed by atoms with Crippen molar-refractivity contribution in [2.24, 2.45) is 5.41 Å². The molecule has 1 aromatic carbocycles. The zero-order valence-electron chi connectivity index (χ0n) is 14.7. The maximum Gasteiger partial charge on any atom is 0.242 e. The van der Waals surface area contributed by atoms with Crippen LogP contribution in [0.2, 0.25) is 0 Å². The Morgan fingerprint density at radius 2 is 2.04 bits per heavy atom. The first-order valence-electron chi connectivity index (χ1n) is 9.25. The van der Waals surface area contributed by atoms with E-state index in [1.165, 1.54) is 0 Å². The topological polar surface area (TPSA) is 54.7 Å². The number of nitrogens with zero attached hydrogens (tertiary/aromatic N) is 2. The number of ether oxygens (including phenoxy) is 1. The van der Waals surface area contributed by atoms with E-state index in [1.54, 1.807) is 0 Å². The van der Waals surface area contributed by atoms with Crippen molar-refractivity contribution in [1.82, 2.24) is 9.47 Å². The lowest BCUT2D eigenvalue weighted by Crippen LogP contribution is -2.62. The molecular formula is C20H26N2O3. The van der Waals surface area contributed by atoms with Crippen LogP contribution in [0.25, 0.3) is 10.9 Å². The highest BCUT2D eigenvalue weighted by molar-refractivity contribution is 5.83. The van der Waals surface area contributed by atoms with Gasteiger partial charge in [-0.05, 0) is 37.3 Å². The maximum absolute atomic E-state index is 12.7. The second-order valence-corrected chi connectivity index (χ2v) is 7.31. The number of likely N-dealkylation sites (tertiary alicyclic amines) is 1. The zero-order chi connectivity index (χ0) is 17.4. The minimum absolute atomic E-state index is 0.132. The molecule has 2 fully saturated rings. The Bertz CT molecular complexity index is 759. The molecule has 0 radical (unpaired) electrons. The molecule has 1 aromatic heterocycles. The minimum atomic E-state index is -0.283. The predicted molar refractivity (Wildman–Crippen MR) is 96.2 cm³/mol. The summed E-state index contributed by atoms with van der Waals surface area (Å²) in [6.07, 6.45) is 4.24. The average molecular weight is 342 g/mol. The van der Waals surface area contributed by atoms with Crippen LogP contribution in [-0.2, 0) is 16.1 Å². The number of aliphatic hydroxyl groups is 1. The Labute approximate surface area is 148 Å². The number of carbonyl (C=O) groups excluding carboxylic acids is 1. The number of hydrogen-bond donors (Lipinski definition) is 1. The summed E-state index contributed by atoms with van der Waals surface area (Å²) in [5.41, 5.74) is 0.961. The zero-order valence-corrected chi connectivity index (χ0v) is 14.7. The lowest BCUT2D eigenvalue weighted by Gasteiger charge is -2.56. The van der Waals surface area contributed by atoms with Crippen molar-refractivity contribution in [3.05, 3.63) is 36.5 Å². The van der Waals surface area contributed by atoms with Gasteiger partial charge in [-0.15, -0.1) is 0 Å². The van der Waals surface area contributed by atoms with Gasteiger partial charge < -0.3 is 19.3 Å². The molecule has 5 nitrogen and oxygen atoms in total. The van der Waals surface area contributed by atoms with Gasteiger partial charge in [0.2, 0.25) is 5.91 Å². The SMILES string of the molecule is CCO[C@H]1C[C@H](O)C12CCN(C(=O)Cn1ccc3ccccc31)CC2. The van der Waals surface area contributed by atoms with E-state index in [-0.39, 0.29) is 23.5 Å². The molecule has 2 atom stereocenters. The number of amides is 1. The standard InChI is InChI=1S/C20H26N2O3/c1-2-25-18-13-17(23)20(18)8-11-21(12-9-20)19(24)14-22-10-7-15-5-3-4-6-16(15)22/h3-7,10,17-18,23H,2,8-9,11-14H2,1H3/t17-,18-/m0/s1. The molecule has 1 saturated heterocycles. The van der Waals surface area contributed by atoms with E-state index < -0.39 is 0 Å². The highest BCUT2D eigenvalue weighted by Crippen LogP contribution is 2.50. The summed E-state index contributed by atoms with van der Waals surface area (Å²) in [7, 11) is 0. The molecule has 1 aliphatic carbocycles. The molecule has 2 aromatic rings. The predicted octanol–water partition coefficient (Wildman–Crippen LogP) is 2.42. The van der Waals surface area contributed by atoms with Crippen LogP contribution in [-0.4, -0.2) is 52.4 Å². The largest absolute Gasteiger partial charge is 0.392 e. The molecule has 2 heterocycles. The second kappa shape index (κ2) is 6.46. The number of rotatable bonds is 4. The summed E-state index contributed by atoms with van der Waals surface area (Å²) in [6.45, 7) is 4.47. The molecular weight excluding hydrogens is 316 g/mol. The normalized spacial score (nSPS) is 25.3. The first-order valence-corrected chi connectivity index (χ1v) is 9.25. The number of benzene rings is 1. The second-order valence-electron chi connectivity index (χ2n) is 7.31. The van der Waals surface area contributed by atoms with Gasteiger partial charge in [-0.2, -0.15) is 0 Å². The van der Waals surface area contributed by atoms with Crippen molar-refractivity contribution in [2.75, 3.05) is 19.7 Å². The summed E-state index contributed by atoms with van der Waals surface area (Å²) in [4.78, 5) is 14.7. The van der Waals surface area contributed by atoms with Crippen molar-refractivity contribution >= 4 is 16.8 Å². The van der Waals surface area contributed by atoms with Crippen molar-refractivity contribution < 1.29 is 14.6 Å². The van der Waals surface area contributed by atoms with Gasteiger partial charge in [-0.3, -0.25) is 4.79 Å². The van der Waals surface area contributed by atoms with E-state index in [1.807, 2.05) is 46.9 Å². The summed E-state index contributed by atoms with van der Waals surface area (Å²) >= 11 is 0. The number of piperidine rings is 1. The Hall–Kier alpha value is -1.85. The van der Waals surface area contributed by atoms with Gasteiger partial charge >= 0.3 is 0 Å². The quantitative estimate of drug-likeness (QED) is 0.928. The summed E-state index contributed by atoms with van der Waals surface area (Å²) < 4.78 is 7.82. The fourth-order valence-electron chi connectivity index (χ4n) is 4.51. The van der Waals surface area contributed by atoms with E-state index in [0.717, 1.165) is 30.2 Å². The Morgan fingerprint density at radius 1 is 1.28 bits per heavy atom. The number of carbonyl (C=O) groups is 1. The van der Waals surface area contributed by atoms with Crippen LogP contribution in [0.15, 0.2) is 36.5 Å². The summed E-state index contributed by atoms with van der Waals surface area (Å²) in [5.74, 6) is 0.151. The smallest absolute Gasteiger partial charge is 0.242 e.